The van der Waals surface area contributed by atoms with Crippen molar-refractivity contribution in [2.45, 2.75) is 57.5 Å². The Morgan fingerprint density at radius 1 is 1.19 bits per heavy atom. The Kier molecular flexibility index (Phi) is 4.61. The zero-order valence-corrected chi connectivity index (χ0v) is 16.8. The summed E-state index contributed by atoms with van der Waals surface area (Å²) in [6.07, 6.45) is 10.1. The summed E-state index contributed by atoms with van der Waals surface area (Å²) in [4.78, 5) is 13.2. The molecule has 5 fully saturated rings. The summed E-state index contributed by atoms with van der Waals surface area (Å²) in [7, 11) is 1.59. The topological polar surface area (TPSA) is 42.0 Å². The molecular formula is C22H32N2O3. The largest absolute Gasteiger partial charge is 0.466 e. The first kappa shape index (κ1) is 18.6. The van der Waals surface area contributed by atoms with Gasteiger partial charge in [-0.15, -0.1) is 0 Å². The van der Waals surface area contributed by atoms with E-state index in [-0.39, 0.29) is 12.7 Å². The predicted octanol–water partition coefficient (Wildman–Crippen LogP) is 3.85. The highest BCUT2D eigenvalue weighted by atomic mass is 16.7. The van der Waals surface area contributed by atoms with Gasteiger partial charge < -0.3 is 9.47 Å². The van der Waals surface area contributed by atoms with E-state index in [4.69, 9.17) is 9.47 Å². The van der Waals surface area contributed by atoms with Crippen LogP contribution in [0.1, 0.15) is 46.0 Å². The number of amides is 1. The van der Waals surface area contributed by atoms with Crippen molar-refractivity contribution >= 4 is 5.91 Å². The lowest BCUT2D eigenvalue weighted by molar-refractivity contribution is -0.237. The first-order valence-electron chi connectivity index (χ1n) is 10.2. The molecule has 1 amide bonds. The molecular weight excluding hydrogens is 340 g/mol. The van der Waals surface area contributed by atoms with E-state index in [0.29, 0.717) is 23.6 Å². The van der Waals surface area contributed by atoms with Gasteiger partial charge in [-0.25, -0.2) is 5.01 Å². The fourth-order valence-corrected chi connectivity index (χ4v) is 6.27. The van der Waals surface area contributed by atoms with E-state index >= 15 is 0 Å². The molecule has 0 aromatic carbocycles. The van der Waals surface area contributed by atoms with Crippen LogP contribution in [0, 0.1) is 23.7 Å². The van der Waals surface area contributed by atoms with Gasteiger partial charge in [0.05, 0.1) is 6.04 Å². The van der Waals surface area contributed by atoms with Crippen molar-refractivity contribution in [3.8, 4) is 0 Å². The molecule has 0 radical (unpaired) electrons. The van der Waals surface area contributed by atoms with Crippen molar-refractivity contribution in [1.29, 1.82) is 0 Å². The molecule has 1 heterocycles. The van der Waals surface area contributed by atoms with Crippen LogP contribution in [0.15, 0.2) is 36.8 Å². The zero-order chi connectivity index (χ0) is 19.3. The number of allylic oxidation sites excluding steroid dienone is 2. The number of hydrogen-bond donors (Lipinski definition) is 0. The number of carbonyl (C=O) groups is 1. The lowest BCUT2D eigenvalue weighted by atomic mass is 9.53. The van der Waals surface area contributed by atoms with Gasteiger partial charge >= 0.3 is 0 Å². The third-order valence-corrected chi connectivity index (χ3v) is 7.08. The fourth-order valence-electron chi connectivity index (χ4n) is 6.27. The molecule has 5 aliphatic rings. The van der Waals surface area contributed by atoms with Gasteiger partial charge in [-0.1, -0.05) is 19.2 Å². The number of nitrogens with zero attached hydrogens (tertiary/aromatic N) is 2. The van der Waals surface area contributed by atoms with Gasteiger partial charge in [0.15, 0.2) is 6.79 Å². The summed E-state index contributed by atoms with van der Waals surface area (Å²) < 4.78 is 10.7. The van der Waals surface area contributed by atoms with Crippen LogP contribution in [-0.2, 0) is 14.3 Å². The minimum absolute atomic E-state index is 0.133. The van der Waals surface area contributed by atoms with E-state index in [2.05, 4.69) is 18.2 Å². The molecule has 5 heteroatoms. The molecule has 4 saturated carbocycles. The van der Waals surface area contributed by atoms with E-state index in [1.807, 2.05) is 24.9 Å². The molecule has 0 N–H and O–H groups in total. The number of rotatable bonds is 7. The number of hydrazine groups is 1. The van der Waals surface area contributed by atoms with E-state index in [0.717, 1.165) is 17.5 Å². The van der Waals surface area contributed by atoms with Gasteiger partial charge in [0.1, 0.15) is 17.0 Å². The van der Waals surface area contributed by atoms with Crippen LogP contribution < -0.4 is 0 Å². The Labute approximate surface area is 162 Å². The summed E-state index contributed by atoms with van der Waals surface area (Å²) in [5.41, 5.74) is 0.184. The molecule has 148 valence electrons. The third-order valence-electron chi connectivity index (χ3n) is 7.08. The Hall–Kier alpha value is -1.75. The summed E-state index contributed by atoms with van der Waals surface area (Å²) in [6, 6.07) is 0.307. The molecule has 1 saturated heterocycles. The van der Waals surface area contributed by atoms with Gasteiger partial charge in [0.25, 0.3) is 5.91 Å². The maximum absolute atomic E-state index is 13.2. The average Bonchev–Trinajstić information content (AvgIpc) is 2.62. The molecule has 1 aliphatic heterocycles. The van der Waals surface area contributed by atoms with Crippen molar-refractivity contribution in [1.82, 2.24) is 10.0 Å². The second kappa shape index (κ2) is 6.69. The van der Waals surface area contributed by atoms with Crippen molar-refractivity contribution in [2.24, 2.45) is 23.7 Å². The van der Waals surface area contributed by atoms with Gasteiger partial charge in [0.2, 0.25) is 0 Å². The summed E-state index contributed by atoms with van der Waals surface area (Å²) in [5.74, 6) is 3.72. The monoisotopic (exact) mass is 372 g/mol. The van der Waals surface area contributed by atoms with Gasteiger partial charge in [0, 0.05) is 7.11 Å². The zero-order valence-electron chi connectivity index (χ0n) is 16.8. The third kappa shape index (κ3) is 2.82. The molecule has 0 spiro atoms. The lowest BCUT2D eigenvalue weighted by Gasteiger charge is -2.66. The Bertz CT molecular complexity index is 653. The second-order valence-electron chi connectivity index (χ2n) is 9.20. The lowest BCUT2D eigenvalue weighted by Crippen LogP contribution is -2.79. The number of methoxy groups -OCH3 is 1. The molecule has 0 atom stereocenters. The number of hydrogen-bond acceptors (Lipinski definition) is 4. The van der Waals surface area contributed by atoms with E-state index in [9.17, 15) is 4.79 Å². The van der Waals surface area contributed by atoms with Crippen molar-refractivity contribution in [3.05, 3.63) is 36.8 Å². The molecule has 27 heavy (non-hydrogen) atoms. The first-order chi connectivity index (χ1) is 12.9. The fraction of sp³-hybridized carbons (Fsp3) is 0.682. The van der Waals surface area contributed by atoms with Crippen LogP contribution >= 0.6 is 0 Å². The molecule has 0 aromatic heterocycles. The highest BCUT2D eigenvalue weighted by molar-refractivity contribution is 5.91. The van der Waals surface area contributed by atoms with E-state index in [1.165, 1.54) is 32.1 Å². The number of carbonyl (C=O) groups excluding carboxylic acids is 1. The van der Waals surface area contributed by atoms with Gasteiger partial charge in [-0.2, -0.15) is 0 Å². The van der Waals surface area contributed by atoms with Crippen LogP contribution in [0.2, 0.25) is 0 Å². The SMILES string of the molecule is C=C/C=C(\C(=C)OCOC)N1N(C2C3CC4CC(C3)CC2C4)C(=O)C1(C)C. The summed E-state index contributed by atoms with van der Waals surface area (Å²) in [6.45, 7) is 12.0. The van der Waals surface area contributed by atoms with Crippen molar-refractivity contribution in [3.63, 3.8) is 0 Å². The van der Waals surface area contributed by atoms with Crippen LogP contribution in [0.25, 0.3) is 0 Å². The van der Waals surface area contributed by atoms with Crippen LogP contribution in [0.5, 0.6) is 0 Å². The van der Waals surface area contributed by atoms with Gasteiger partial charge in [-0.05, 0) is 75.7 Å². The summed E-state index contributed by atoms with van der Waals surface area (Å²) in [5, 5.41) is 4.13. The van der Waals surface area contributed by atoms with Crippen molar-refractivity contribution < 1.29 is 14.3 Å². The minimum Gasteiger partial charge on any atom is -0.466 e. The maximum atomic E-state index is 13.2. The quantitative estimate of drug-likeness (QED) is 0.387. The maximum Gasteiger partial charge on any atom is 0.268 e. The molecule has 4 aliphatic carbocycles. The first-order valence-corrected chi connectivity index (χ1v) is 10.2. The normalized spacial score (nSPS) is 36.6. The predicted molar refractivity (Wildman–Crippen MR) is 104 cm³/mol. The molecule has 5 rings (SSSR count). The molecule has 4 bridgehead atoms. The molecule has 0 aromatic rings. The molecule has 5 nitrogen and oxygen atoms in total. The van der Waals surface area contributed by atoms with Crippen LogP contribution in [0.4, 0.5) is 0 Å². The smallest absolute Gasteiger partial charge is 0.268 e. The minimum atomic E-state index is -0.608. The highest BCUT2D eigenvalue weighted by Crippen LogP contribution is 2.57. The van der Waals surface area contributed by atoms with Crippen LogP contribution in [0.3, 0.4) is 0 Å². The van der Waals surface area contributed by atoms with Crippen LogP contribution in [-0.4, -0.2) is 41.4 Å². The molecule has 0 unspecified atom stereocenters. The van der Waals surface area contributed by atoms with E-state index in [1.54, 1.807) is 13.2 Å². The summed E-state index contributed by atoms with van der Waals surface area (Å²) >= 11 is 0. The van der Waals surface area contributed by atoms with Crippen molar-refractivity contribution in [2.75, 3.05) is 13.9 Å². The standard InChI is InChI=1S/C22H32N2O3/c1-6-7-19(14(2)27-13-26-5)24-22(3,4)21(25)23(24)20-17-9-15-8-16(11-17)12-18(20)10-15/h6-7,15-18,20H,1-2,8-13H2,3-5H3/b19-7+. The highest BCUT2D eigenvalue weighted by Gasteiger charge is 2.61. The Morgan fingerprint density at radius 2 is 1.78 bits per heavy atom. The second-order valence-corrected chi connectivity index (χ2v) is 9.20. The van der Waals surface area contributed by atoms with Gasteiger partial charge in [-0.3, -0.25) is 9.80 Å². The van der Waals surface area contributed by atoms with E-state index < -0.39 is 5.54 Å². The Morgan fingerprint density at radius 3 is 2.30 bits per heavy atom. The number of ether oxygens (including phenoxy) is 2. The average molecular weight is 373 g/mol. The Balaban J connectivity index is 1.63.